The molecule has 0 saturated heterocycles. The number of rotatable bonds is 8. The summed E-state index contributed by atoms with van der Waals surface area (Å²) >= 11 is 0. The van der Waals surface area contributed by atoms with Gasteiger partial charge in [0.25, 0.3) is 5.91 Å². The molecule has 0 saturated carbocycles. The highest BCUT2D eigenvalue weighted by Crippen LogP contribution is 2.31. The summed E-state index contributed by atoms with van der Waals surface area (Å²) in [6.45, 7) is 0.612. The van der Waals surface area contributed by atoms with E-state index < -0.39 is 0 Å². The molecule has 7 heteroatoms. The fourth-order valence-corrected chi connectivity index (χ4v) is 3.16. The Kier molecular flexibility index (Phi) is 6.84. The van der Waals surface area contributed by atoms with E-state index in [4.69, 9.17) is 9.47 Å². The summed E-state index contributed by atoms with van der Waals surface area (Å²) in [5.74, 6) is 1.62. The summed E-state index contributed by atoms with van der Waals surface area (Å²) < 4.78 is 10.6. The zero-order valence-corrected chi connectivity index (χ0v) is 16.3. The van der Waals surface area contributed by atoms with Crippen LogP contribution in [0.15, 0.2) is 42.2 Å². The monoisotopic (exact) mass is 382 g/mol. The van der Waals surface area contributed by atoms with Crippen LogP contribution in [0.25, 0.3) is 0 Å². The van der Waals surface area contributed by atoms with Crippen molar-refractivity contribution in [2.45, 2.75) is 32.1 Å². The van der Waals surface area contributed by atoms with Crippen molar-refractivity contribution in [2.24, 2.45) is 0 Å². The highest BCUT2D eigenvalue weighted by atomic mass is 16.5. The molecule has 0 spiro atoms. The van der Waals surface area contributed by atoms with Gasteiger partial charge in [-0.25, -0.2) is 9.97 Å². The molecule has 2 aromatic rings. The molecular weight excluding hydrogens is 356 g/mol. The molecule has 1 heterocycles. The summed E-state index contributed by atoms with van der Waals surface area (Å²) in [7, 11) is 3.19. The third-order valence-electron chi connectivity index (χ3n) is 4.69. The van der Waals surface area contributed by atoms with Crippen LogP contribution in [0, 0.1) is 0 Å². The van der Waals surface area contributed by atoms with Crippen molar-refractivity contribution >= 4 is 17.4 Å². The third-order valence-corrected chi connectivity index (χ3v) is 4.69. The lowest BCUT2D eigenvalue weighted by atomic mass is 9.97. The highest BCUT2D eigenvalue weighted by molar-refractivity contribution is 5.93. The maximum absolute atomic E-state index is 12.4. The number of hydrogen-bond acceptors (Lipinski definition) is 6. The molecule has 1 aromatic carbocycles. The summed E-state index contributed by atoms with van der Waals surface area (Å²) in [6.07, 6.45) is 9.36. The summed E-state index contributed by atoms with van der Waals surface area (Å²) in [5, 5.41) is 6.09. The average molecular weight is 382 g/mol. The van der Waals surface area contributed by atoms with E-state index >= 15 is 0 Å². The number of carbonyl (C=O) groups excluding carboxylic acids is 1. The molecular formula is C21H26N4O3. The lowest BCUT2D eigenvalue weighted by Crippen LogP contribution is -2.26. The van der Waals surface area contributed by atoms with E-state index in [1.807, 2.05) is 6.07 Å². The molecule has 1 aromatic heterocycles. The molecule has 28 heavy (non-hydrogen) atoms. The van der Waals surface area contributed by atoms with Gasteiger partial charge in [-0.3, -0.25) is 4.79 Å². The Hall–Kier alpha value is -3.09. The summed E-state index contributed by atoms with van der Waals surface area (Å²) in [6, 6.07) is 7.03. The van der Waals surface area contributed by atoms with Crippen molar-refractivity contribution in [3.05, 3.63) is 47.9 Å². The van der Waals surface area contributed by atoms with Gasteiger partial charge in [0.2, 0.25) is 0 Å². The molecule has 0 fully saturated rings. The summed E-state index contributed by atoms with van der Waals surface area (Å²) in [5.41, 5.74) is 2.44. The first kappa shape index (κ1) is 19.7. The lowest BCUT2D eigenvalue weighted by molar-refractivity contribution is 0.0949. The molecule has 1 amide bonds. The number of hydrogen-bond donors (Lipinski definition) is 2. The first-order chi connectivity index (χ1) is 13.7. The molecule has 0 radical (unpaired) electrons. The van der Waals surface area contributed by atoms with Crippen molar-refractivity contribution < 1.29 is 14.3 Å². The largest absolute Gasteiger partial charge is 0.497 e. The second-order valence-corrected chi connectivity index (χ2v) is 6.59. The van der Waals surface area contributed by atoms with E-state index in [1.54, 1.807) is 32.4 Å². The second kappa shape index (κ2) is 9.73. The van der Waals surface area contributed by atoms with Crippen molar-refractivity contribution in [3.8, 4) is 11.5 Å². The maximum Gasteiger partial charge on any atom is 0.270 e. The van der Waals surface area contributed by atoms with Crippen molar-refractivity contribution in [1.29, 1.82) is 0 Å². The molecule has 1 aliphatic carbocycles. The Balaban J connectivity index is 1.63. The highest BCUT2D eigenvalue weighted by Gasteiger charge is 2.11. The molecule has 0 atom stereocenters. The number of benzene rings is 1. The number of carbonyl (C=O) groups is 1. The van der Waals surface area contributed by atoms with E-state index in [-0.39, 0.29) is 5.91 Å². The van der Waals surface area contributed by atoms with Crippen molar-refractivity contribution in [3.63, 3.8) is 0 Å². The number of nitrogens with one attached hydrogen (secondary N) is 2. The van der Waals surface area contributed by atoms with E-state index in [0.717, 1.165) is 19.3 Å². The first-order valence-corrected chi connectivity index (χ1v) is 9.47. The van der Waals surface area contributed by atoms with Crippen molar-refractivity contribution in [2.75, 3.05) is 26.1 Å². The van der Waals surface area contributed by atoms with E-state index in [2.05, 4.69) is 26.7 Å². The standard InChI is InChI=1S/C21H26N4O3/c1-27-16-8-9-19(28-2)17(12-16)25-20-13-18(23-14-24-20)21(26)22-11-10-15-6-4-3-5-7-15/h6,8-9,12-14H,3-5,7,10-11H2,1-2H3,(H,22,26)(H,23,24,25). The normalized spacial score (nSPS) is 13.4. The fraction of sp³-hybridized carbons (Fsp3) is 0.381. The molecule has 3 rings (SSSR count). The summed E-state index contributed by atoms with van der Waals surface area (Å²) in [4.78, 5) is 20.7. The minimum atomic E-state index is -0.209. The molecule has 0 bridgehead atoms. The smallest absolute Gasteiger partial charge is 0.270 e. The number of amides is 1. The van der Waals surface area contributed by atoms with Gasteiger partial charge in [-0.1, -0.05) is 11.6 Å². The lowest BCUT2D eigenvalue weighted by Gasteiger charge is -2.13. The van der Waals surface area contributed by atoms with Crippen LogP contribution in [-0.4, -0.2) is 36.6 Å². The fourth-order valence-electron chi connectivity index (χ4n) is 3.16. The number of anilines is 2. The van der Waals surface area contributed by atoms with Crippen LogP contribution in [-0.2, 0) is 0 Å². The van der Waals surface area contributed by atoms with Gasteiger partial charge in [-0.2, -0.15) is 0 Å². The van der Waals surface area contributed by atoms with Crippen LogP contribution >= 0.6 is 0 Å². The molecule has 7 nitrogen and oxygen atoms in total. The second-order valence-electron chi connectivity index (χ2n) is 6.59. The van der Waals surface area contributed by atoms with Gasteiger partial charge < -0.3 is 20.1 Å². The van der Waals surface area contributed by atoms with Gasteiger partial charge in [0, 0.05) is 18.7 Å². The SMILES string of the molecule is COc1ccc(OC)c(Nc2cc(C(=O)NCCC3=CCCCC3)ncn2)c1. The van der Waals surface area contributed by atoms with E-state index in [1.165, 1.54) is 24.7 Å². The Morgan fingerprint density at radius 1 is 1.14 bits per heavy atom. The van der Waals surface area contributed by atoms with Gasteiger partial charge in [0.05, 0.1) is 19.9 Å². The number of aromatic nitrogens is 2. The van der Waals surface area contributed by atoms with Gasteiger partial charge >= 0.3 is 0 Å². The van der Waals surface area contributed by atoms with Gasteiger partial charge in [0.1, 0.15) is 29.3 Å². The third kappa shape index (κ3) is 5.22. The predicted octanol–water partition coefficient (Wildman–Crippen LogP) is 3.86. The maximum atomic E-state index is 12.4. The zero-order valence-electron chi connectivity index (χ0n) is 16.3. The number of nitrogens with zero attached hydrogens (tertiary/aromatic N) is 2. The van der Waals surface area contributed by atoms with Crippen LogP contribution in [0.2, 0.25) is 0 Å². The van der Waals surface area contributed by atoms with E-state index in [0.29, 0.717) is 35.2 Å². The first-order valence-electron chi connectivity index (χ1n) is 9.47. The quantitative estimate of drug-likeness (QED) is 0.675. The molecule has 2 N–H and O–H groups in total. The minimum Gasteiger partial charge on any atom is -0.497 e. The number of ether oxygens (including phenoxy) is 2. The van der Waals surface area contributed by atoms with Crippen LogP contribution < -0.4 is 20.1 Å². The van der Waals surface area contributed by atoms with Gasteiger partial charge in [0.15, 0.2) is 0 Å². The van der Waals surface area contributed by atoms with Gasteiger partial charge in [-0.15, -0.1) is 0 Å². The number of methoxy groups -OCH3 is 2. The molecule has 0 unspecified atom stereocenters. The minimum absolute atomic E-state index is 0.209. The van der Waals surface area contributed by atoms with Crippen LogP contribution in [0.5, 0.6) is 11.5 Å². The molecule has 1 aliphatic rings. The molecule has 0 aliphatic heterocycles. The topological polar surface area (TPSA) is 85.4 Å². The van der Waals surface area contributed by atoms with Crippen molar-refractivity contribution in [1.82, 2.24) is 15.3 Å². The van der Waals surface area contributed by atoms with Crippen LogP contribution in [0.4, 0.5) is 11.5 Å². The van der Waals surface area contributed by atoms with Gasteiger partial charge in [-0.05, 0) is 44.2 Å². The zero-order chi connectivity index (χ0) is 19.8. The predicted molar refractivity (Wildman–Crippen MR) is 108 cm³/mol. The molecule has 148 valence electrons. The van der Waals surface area contributed by atoms with Crippen LogP contribution in [0.1, 0.15) is 42.6 Å². The number of allylic oxidation sites excluding steroid dienone is 1. The van der Waals surface area contributed by atoms with Crippen LogP contribution in [0.3, 0.4) is 0 Å². The Morgan fingerprint density at radius 2 is 2.04 bits per heavy atom. The average Bonchev–Trinajstić information content (AvgIpc) is 2.74. The Morgan fingerprint density at radius 3 is 2.79 bits per heavy atom. The Labute approximate surface area is 165 Å². The van der Waals surface area contributed by atoms with E-state index in [9.17, 15) is 4.79 Å². The Bertz CT molecular complexity index is 851.